The van der Waals surface area contributed by atoms with Crippen LogP contribution in [0.15, 0.2) is 12.1 Å². The number of nitrogens with zero attached hydrogens (tertiary/aromatic N) is 1. The summed E-state index contributed by atoms with van der Waals surface area (Å²) in [5, 5.41) is 9.03. The lowest BCUT2D eigenvalue weighted by atomic mass is 9.93. The minimum atomic E-state index is -1.62. The van der Waals surface area contributed by atoms with Crippen molar-refractivity contribution in [1.29, 1.82) is 0 Å². The van der Waals surface area contributed by atoms with E-state index in [1.165, 1.54) is 7.05 Å². The molecule has 0 aromatic heterocycles. The molecule has 1 aromatic carbocycles. The van der Waals surface area contributed by atoms with Crippen molar-refractivity contribution >= 4 is 11.9 Å². The average molecular weight is 273 g/mol. The van der Waals surface area contributed by atoms with E-state index in [2.05, 4.69) is 0 Å². The number of carbonyl (C=O) groups excluding carboxylic acids is 1. The maximum absolute atomic E-state index is 13.2. The summed E-state index contributed by atoms with van der Waals surface area (Å²) in [5.74, 6) is -7.24. The van der Waals surface area contributed by atoms with Gasteiger partial charge < -0.3 is 10.0 Å². The van der Waals surface area contributed by atoms with Crippen molar-refractivity contribution in [2.75, 3.05) is 7.05 Å². The van der Waals surface area contributed by atoms with Crippen LogP contribution in [0.4, 0.5) is 13.2 Å². The molecule has 102 valence electrons. The number of carboxylic acid groups (broad SMARTS) is 1. The minimum Gasteiger partial charge on any atom is -0.481 e. The number of aliphatic carboxylic acids is 1. The molecule has 19 heavy (non-hydrogen) atoms. The van der Waals surface area contributed by atoms with E-state index in [0.717, 1.165) is 4.90 Å². The van der Waals surface area contributed by atoms with Crippen LogP contribution in [0.5, 0.6) is 0 Å². The zero-order valence-electron chi connectivity index (χ0n) is 9.86. The van der Waals surface area contributed by atoms with Gasteiger partial charge in [0.05, 0.1) is 12.0 Å². The first kappa shape index (κ1) is 13.4. The van der Waals surface area contributed by atoms with E-state index in [1.54, 1.807) is 0 Å². The number of benzene rings is 1. The van der Waals surface area contributed by atoms with Crippen LogP contribution in [-0.4, -0.2) is 28.9 Å². The number of rotatable bonds is 2. The van der Waals surface area contributed by atoms with Crippen LogP contribution in [0.2, 0.25) is 0 Å². The Morgan fingerprint density at radius 1 is 1.32 bits per heavy atom. The Morgan fingerprint density at radius 2 is 1.84 bits per heavy atom. The summed E-state index contributed by atoms with van der Waals surface area (Å²) in [6.45, 7) is 0. The smallest absolute Gasteiger partial charge is 0.309 e. The van der Waals surface area contributed by atoms with Crippen LogP contribution in [0, 0.1) is 23.4 Å². The lowest BCUT2D eigenvalue weighted by molar-refractivity contribution is -0.142. The van der Waals surface area contributed by atoms with Crippen molar-refractivity contribution in [3.05, 3.63) is 35.1 Å². The average Bonchev–Trinajstić information content (AvgIpc) is 2.62. The largest absolute Gasteiger partial charge is 0.481 e. The van der Waals surface area contributed by atoms with Crippen LogP contribution < -0.4 is 0 Å². The molecule has 2 atom stereocenters. The number of likely N-dealkylation sites (tertiary alicyclic amines) is 1. The van der Waals surface area contributed by atoms with Gasteiger partial charge in [-0.2, -0.15) is 0 Å². The highest BCUT2D eigenvalue weighted by Crippen LogP contribution is 2.37. The Hall–Kier alpha value is -2.05. The molecule has 0 spiro atoms. The van der Waals surface area contributed by atoms with E-state index in [-0.39, 0.29) is 12.0 Å². The van der Waals surface area contributed by atoms with E-state index in [9.17, 15) is 22.8 Å². The van der Waals surface area contributed by atoms with Crippen LogP contribution in [-0.2, 0) is 9.59 Å². The second kappa shape index (κ2) is 4.56. The Bertz CT molecular complexity index is 538. The van der Waals surface area contributed by atoms with E-state index < -0.39 is 41.3 Å². The summed E-state index contributed by atoms with van der Waals surface area (Å²) in [7, 11) is 1.34. The molecule has 0 radical (unpaired) electrons. The van der Waals surface area contributed by atoms with Gasteiger partial charge in [-0.1, -0.05) is 0 Å². The fraction of sp³-hybridized carbons (Fsp3) is 0.333. The molecular weight excluding hydrogens is 263 g/mol. The fourth-order valence-electron chi connectivity index (χ4n) is 2.29. The highest BCUT2D eigenvalue weighted by molar-refractivity contribution is 5.87. The molecule has 2 unspecified atom stereocenters. The van der Waals surface area contributed by atoms with Gasteiger partial charge in [0.2, 0.25) is 5.91 Å². The number of carboxylic acids is 1. The van der Waals surface area contributed by atoms with Gasteiger partial charge >= 0.3 is 5.97 Å². The van der Waals surface area contributed by atoms with Crippen LogP contribution in [0.1, 0.15) is 18.0 Å². The predicted molar refractivity (Wildman–Crippen MR) is 57.6 cm³/mol. The minimum absolute atomic E-state index is 0.0721. The summed E-state index contributed by atoms with van der Waals surface area (Å²) < 4.78 is 39.2. The normalized spacial score (nSPS) is 22.9. The van der Waals surface area contributed by atoms with Gasteiger partial charge in [0, 0.05) is 13.5 Å². The number of carbonyl (C=O) groups is 2. The molecule has 4 nitrogen and oxygen atoms in total. The zero-order valence-corrected chi connectivity index (χ0v) is 9.86. The van der Waals surface area contributed by atoms with Crippen molar-refractivity contribution in [3.63, 3.8) is 0 Å². The summed E-state index contributed by atoms with van der Waals surface area (Å²) in [6.07, 6.45) is -0.253. The number of amides is 1. The van der Waals surface area contributed by atoms with Gasteiger partial charge in [0.25, 0.3) is 0 Å². The third kappa shape index (κ3) is 2.16. The molecule has 1 aromatic rings. The van der Waals surface area contributed by atoms with Gasteiger partial charge in [0.15, 0.2) is 17.5 Å². The second-order valence-corrected chi connectivity index (χ2v) is 4.40. The van der Waals surface area contributed by atoms with E-state index in [1.807, 2.05) is 0 Å². The van der Waals surface area contributed by atoms with Crippen molar-refractivity contribution in [1.82, 2.24) is 4.90 Å². The number of hydrogen-bond donors (Lipinski definition) is 1. The first-order valence-electron chi connectivity index (χ1n) is 5.46. The fourth-order valence-corrected chi connectivity index (χ4v) is 2.29. The van der Waals surface area contributed by atoms with E-state index in [4.69, 9.17) is 5.11 Å². The Balaban J connectivity index is 2.49. The molecule has 2 rings (SSSR count). The maximum atomic E-state index is 13.2. The monoisotopic (exact) mass is 273 g/mol. The van der Waals surface area contributed by atoms with Crippen molar-refractivity contribution in [2.45, 2.75) is 12.5 Å². The Morgan fingerprint density at radius 3 is 2.32 bits per heavy atom. The number of hydrogen-bond acceptors (Lipinski definition) is 2. The lowest BCUT2D eigenvalue weighted by Gasteiger charge is -2.23. The molecule has 0 bridgehead atoms. The summed E-state index contributed by atoms with van der Waals surface area (Å²) in [5.41, 5.74) is -0.0721. The molecule has 1 saturated heterocycles. The molecule has 0 aliphatic carbocycles. The van der Waals surface area contributed by atoms with Crippen molar-refractivity contribution in [2.24, 2.45) is 5.92 Å². The van der Waals surface area contributed by atoms with Gasteiger partial charge in [0.1, 0.15) is 0 Å². The molecule has 1 heterocycles. The lowest BCUT2D eigenvalue weighted by Crippen LogP contribution is -2.27. The van der Waals surface area contributed by atoms with Gasteiger partial charge in [-0.15, -0.1) is 0 Å². The van der Waals surface area contributed by atoms with Gasteiger partial charge in [-0.05, 0) is 17.7 Å². The topological polar surface area (TPSA) is 57.6 Å². The molecule has 1 aliphatic rings. The molecule has 1 fully saturated rings. The first-order chi connectivity index (χ1) is 8.82. The van der Waals surface area contributed by atoms with Crippen LogP contribution in [0.25, 0.3) is 0 Å². The highest BCUT2D eigenvalue weighted by atomic mass is 19.2. The van der Waals surface area contributed by atoms with Gasteiger partial charge in [-0.3, -0.25) is 9.59 Å². The van der Waals surface area contributed by atoms with Gasteiger partial charge in [-0.25, -0.2) is 13.2 Å². The van der Waals surface area contributed by atoms with E-state index in [0.29, 0.717) is 12.1 Å². The van der Waals surface area contributed by atoms with Crippen molar-refractivity contribution < 1.29 is 27.9 Å². The molecule has 1 aliphatic heterocycles. The third-order valence-electron chi connectivity index (χ3n) is 3.25. The standard InChI is InChI=1S/C12H10F3NO3/c1-16-9(17)4-6(12(18)19)11(16)5-2-7(13)10(15)8(14)3-5/h2-3,6,11H,4H2,1H3,(H,18,19). The zero-order chi connectivity index (χ0) is 14.3. The summed E-state index contributed by atoms with van der Waals surface area (Å²) in [6, 6.07) is 0.428. The Kier molecular flexibility index (Phi) is 3.21. The third-order valence-corrected chi connectivity index (χ3v) is 3.25. The molecule has 7 heteroatoms. The molecule has 1 amide bonds. The first-order valence-corrected chi connectivity index (χ1v) is 5.46. The van der Waals surface area contributed by atoms with Crippen LogP contribution >= 0.6 is 0 Å². The summed E-state index contributed by atoms with van der Waals surface area (Å²) in [4.78, 5) is 23.7. The second-order valence-electron chi connectivity index (χ2n) is 4.40. The Labute approximate surface area is 106 Å². The highest BCUT2D eigenvalue weighted by Gasteiger charge is 2.43. The van der Waals surface area contributed by atoms with E-state index >= 15 is 0 Å². The quantitative estimate of drug-likeness (QED) is 0.834. The maximum Gasteiger partial charge on any atom is 0.309 e. The number of halogens is 3. The molecule has 0 saturated carbocycles. The molecule has 1 N–H and O–H groups in total. The SMILES string of the molecule is CN1C(=O)CC(C(=O)O)C1c1cc(F)c(F)c(F)c1. The summed E-state index contributed by atoms with van der Waals surface area (Å²) >= 11 is 0. The van der Waals surface area contributed by atoms with Crippen LogP contribution in [0.3, 0.4) is 0 Å². The van der Waals surface area contributed by atoms with Crippen molar-refractivity contribution in [3.8, 4) is 0 Å². The molecular formula is C12H10F3NO3. The predicted octanol–water partition coefficient (Wildman–Crippen LogP) is 1.71.